The minimum absolute atomic E-state index is 0.238. The second-order valence-corrected chi connectivity index (χ2v) is 3.48. The third kappa shape index (κ3) is 1.61. The first kappa shape index (κ1) is 10.5. The van der Waals surface area contributed by atoms with Gasteiger partial charge in [-0.15, -0.1) is 0 Å². The molecule has 0 aliphatic carbocycles. The number of rotatable bonds is 2. The van der Waals surface area contributed by atoms with E-state index in [4.69, 9.17) is 10.6 Å². The fourth-order valence-electron chi connectivity index (χ4n) is 1.55. The van der Waals surface area contributed by atoms with Crippen LogP contribution in [0.3, 0.4) is 0 Å². The van der Waals surface area contributed by atoms with Crippen molar-refractivity contribution in [3.63, 3.8) is 0 Å². The van der Waals surface area contributed by atoms with E-state index in [9.17, 15) is 4.79 Å². The van der Waals surface area contributed by atoms with E-state index in [-0.39, 0.29) is 5.91 Å². The summed E-state index contributed by atoms with van der Waals surface area (Å²) in [4.78, 5) is 19.6. The second kappa shape index (κ2) is 3.86. The Morgan fingerprint density at radius 2 is 2.25 bits per heavy atom. The molecule has 0 aliphatic rings. The number of anilines is 1. The lowest BCUT2D eigenvalue weighted by Crippen LogP contribution is -2.25. The van der Waals surface area contributed by atoms with E-state index in [2.05, 4.69) is 4.98 Å². The second-order valence-electron chi connectivity index (χ2n) is 3.48. The fraction of sp³-hybridized carbons (Fsp3) is 0.182. The van der Waals surface area contributed by atoms with Gasteiger partial charge in [0.05, 0.1) is 18.3 Å². The Balaban J connectivity index is 2.48. The molecule has 1 amide bonds. The lowest BCUT2D eigenvalue weighted by Gasteiger charge is -2.11. The molecule has 0 unspecified atom stereocenters. The molecule has 16 heavy (non-hydrogen) atoms. The van der Waals surface area contributed by atoms with Gasteiger partial charge in [0.25, 0.3) is 5.91 Å². The van der Waals surface area contributed by atoms with Gasteiger partial charge in [0.15, 0.2) is 0 Å². The maximum absolute atomic E-state index is 11.8. The molecule has 0 saturated carbocycles. The third-order valence-electron chi connectivity index (χ3n) is 2.48. The van der Waals surface area contributed by atoms with Crippen molar-refractivity contribution in [2.24, 2.45) is 0 Å². The molecule has 1 aromatic heterocycles. The molecule has 3 N–H and O–H groups in total. The van der Waals surface area contributed by atoms with E-state index < -0.39 is 0 Å². The highest BCUT2D eigenvalue weighted by Crippen LogP contribution is 2.21. The smallest absolute Gasteiger partial charge is 0.293 e. The lowest BCUT2D eigenvalue weighted by molar-refractivity contribution is -0.0759. The van der Waals surface area contributed by atoms with Gasteiger partial charge in [-0.05, 0) is 12.1 Å². The Labute approximate surface area is 92.7 Å². The van der Waals surface area contributed by atoms with Gasteiger partial charge >= 0.3 is 0 Å². The summed E-state index contributed by atoms with van der Waals surface area (Å²) in [6, 6.07) is 7.28. The molecule has 0 radical (unpaired) electrons. The summed E-state index contributed by atoms with van der Waals surface area (Å²) in [6.45, 7) is 0. The Morgan fingerprint density at radius 1 is 1.50 bits per heavy atom. The number of aromatic nitrogens is 1. The number of nitrogens with two attached hydrogens (primary N) is 1. The van der Waals surface area contributed by atoms with Crippen molar-refractivity contribution in [2.75, 3.05) is 19.9 Å². The number of hydrogen-bond acceptors (Lipinski definition) is 3. The van der Waals surface area contributed by atoms with Gasteiger partial charge in [0, 0.05) is 12.4 Å². The normalized spacial score (nSPS) is 10.6. The largest absolute Gasteiger partial charge is 0.397 e. The average molecular weight is 219 g/mol. The summed E-state index contributed by atoms with van der Waals surface area (Å²) in [5, 5.41) is 2.06. The Morgan fingerprint density at radius 3 is 2.88 bits per heavy atom. The van der Waals surface area contributed by atoms with Crippen LogP contribution in [-0.2, 0) is 4.84 Å². The number of hydrogen-bond donors (Lipinski definition) is 2. The summed E-state index contributed by atoms with van der Waals surface area (Å²) >= 11 is 0. The first-order valence-electron chi connectivity index (χ1n) is 4.83. The molecule has 1 heterocycles. The predicted octanol–water partition coefficient (Wildman–Crippen LogP) is 1.38. The maximum atomic E-state index is 11.8. The first-order valence-corrected chi connectivity index (χ1v) is 4.83. The molecule has 0 saturated heterocycles. The van der Waals surface area contributed by atoms with Crippen molar-refractivity contribution >= 4 is 22.5 Å². The minimum Gasteiger partial charge on any atom is -0.397 e. The van der Waals surface area contributed by atoms with Crippen molar-refractivity contribution in [2.45, 2.75) is 0 Å². The van der Waals surface area contributed by atoms with E-state index in [1.54, 1.807) is 19.2 Å². The SMILES string of the molecule is CON(C)C(=O)c1cc2cccc(N)c2[nH]1. The molecular weight excluding hydrogens is 206 g/mol. The van der Waals surface area contributed by atoms with Gasteiger partial charge in [-0.3, -0.25) is 9.63 Å². The highest BCUT2D eigenvalue weighted by Gasteiger charge is 2.14. The highest BCUT2D eigenvalue weighted by molar-refractivity contribution is 6.00. The number of carbonyl (C=O) groups is 1. The first-order chi connectivity index (χ1) is 7.63. The zero-order chi connectivity index (χ0) is 11.7. The van der Waals surface area contributed by atoms with Crippen LogP contribution >= 0.6 is 0 Å². The van der Waals surface area contributed by atoms with Crippen LogP contribution in [0.5, 0.6) is 0 Å². The molecule has 84 valence electrons. The van der Waals surface area contributed by atoms with Crippen LogP contribution in [0.1, 0.15) is 10.5 Å². The minimum atomic E-state index is -0.238. The number of amides is 1. The zero-order valence-electron chi connectivity index (χ0n) is 9.15. The monoisotopic (exact) mass is 219 g/mol. The summed E-state index contributed by atoms with van der Waals surface area (Å²) in [7, 11) is 2.99. The van der Waals surface area contributed by atoms with E-state index >= 15 is 0 Å². The number of hydroxylamine groups is 2. The van der Waals surface area contributed by atoms with Gasteiger partial charge in [0.1, 0.15) is 5.69 Å². The van der Waals surface area contributed by atoms with E-state index in [0.29, 0.717) is 11.4 Å². The molecule has 0 aliphatic heterocycles. The van der Waals surface area contributed by atoms with Crippen molar-refractivity contribution in [1.82, 2.24) is 10.0 Å². The number of nitrogens with one attached hydrogen (secondary N) is 1. The topological polar surface area (TPSA) is 71.3 Å². The number of carbonyl (C=O) groups excluding carboxylic acids is 1. The number of fused-ring (bicyclic) bond motifs is 1. The predicted molar refractivity (Wildman–Crippen MR) is 61.8 cm³/mol. The molecule has 2 aromatic rings. The van der Waals surface area contributed by atoms with Crippen molar-refractivity contribution in [3.8, 4) is 0 Å². The quantitative estimate of drug-likeness (QED) is 0.592. The van der Waals surface area contributed by atoms with Gasteiger partial charge < -0.3 is 10.7 Å². The molecule has 0 bridgehead atoms. The van der Waals surface area contributed by atoms with Gasteiger partial charge in [0.2, 0.25) is 0 Å². The third-order valence-corrected chi connectivity index (χ3v) is 2.48. The number of nitrogen functional groups attached to an aromatic ring is 1. The van der Waals surface area contributed by atoms with Crippen LogP contribution in [0.15, 0.2) is 24.3 Å². The Hall–Kier alpha value is -2.01. The van der Waals surface area contributed by atoms with E-state index in [0.717, 1.165) is 16.0 Å². The van der Waals surface area contributed by atoms with Crippen LogP contribution in [0.2, 0.25) is 0 Å². The summed E-state index contributed by atoms with van der Waals surface area (Å²) < 4.78 is 0. The molecule has 5 nitrogen and oxygen atoms in total. The van der Waals surface area contributed by atoms with Gasteiger partial charge in [-0.1, -0.05) is 12.1 Å². The molecule has 0 spiro atoms. The van der Waals surface area contributed by atoms with Crippen LogP contribution in [-0.4, -0.2) is 30.1 Å². The van der Waals surface area contributed by atoms with Crippen molar-refractivity contribution in [1.29, 1.82) is 0 Å². The summed E-state index contributed by atoms with van der Waals surface area (Å²) in [5.41, 5.74) is 7.64. The fourth-order valence-corrected chi connectivity index (χ4v) is 1.55. The Kier molecular flexibility index (Phi) is 2.54. The van der Waals surface area contributed by atoms with Crippen LogP contribution < -0.4 is 5.73 Å². The van der Waals surface area contributed by atoms with Gasteiger partial charge in [-0.2, -0.15) is 0 Å². The molecule has 0 fully saturated rings. The summed E-state index contributed by atoms with van der Waals surface area (Å²) in [6.07, 6.45) is 0. The standard InChI is InChI=1S/C11H13N3O2/c1-14(16-2)11(15)9-6-7-4-3-5-8(12)10(7)13-9/h3-6,13H,12H2,1-2H3. The molecule has 5 heteroatoms. The van der Waals surface area contributed by atoms with E-state index in [1.807, 2.05) is 12.1 Å². The number of aromatic amines is 1. The number of H-pyrrole nitrogens is 1. The van der Waals surface area contributed by atoms with Crippen LogP contribution in [0.4, 0.5) is 5.69 Å². The van der Waals surface area contributed by atoms with Crippen LogP contribution in [0, 0.1) is 0 Å². The Bertz CT molecular complexity index is 533. The lowest BCUT2D eigenvalue weighted by atomic mass is 10.2. The summed E-state index contributed by atoms with van der Waals surface area (Å²) in [5.74, 6) is -0.238. The maximum Gasteiger partial charge on any atom is 0.293 e. The van der Waals surface area contributed by atoms with E-state index in [1.165, 1.54) is 7.11 Å². The molecular formula is C11H13N3O2. The molecule has 2 rings (SSSR count). The number of para-hydroxylation sites is 1. The average Bonchev–Trinajstić information content (AvgIpc) is 2.72. The van der Waals surface area contributed by atoms with Crippen molar-refractivity contribution < 1.29 is 9.63 Å². The number of nitrogens with zero attached hydrogens (tertiary/aromatic N) is 1. The van der Waals surface area contributed by atoms with Gasteiger partial charge in [-0.25, -0.2) is 5.06 Å². The van der Waals surface area contributed by atoms with Crippen LogP contribution in [0.25, 0.3) is 10.9 Å². The molecule has 0 atom stereocenters. The molecule has 1 aromatic carbocycles. The zero-order valence-corrected chi connectivity index (χ0v) is 9.15. The number of benzene rings is 1. The highest BCUT2D eigenvalue weighted by atomic mass is 16.7. The van der Waals surface area contributed by atoms with Crippen molar-refractivity contribution in [3.05, 3.63) is 30.0 Å².